The molecule has 1 aromatic heterocycles. The van der Waals surface area contributed by atoms with E-state index in [0.29, 0.717) is 11.6 Å². The third kappa shape index (κ3) is 3.88. The van der Waals surface area contributed by atoms with Crippen molar-refractivity contribution in [2.45, 2.75) is 31.3 Å². The first-order chi connectivity index (χ1) is 10.2. The quantitative estimate of drug-likeness (QED) is 0.658. The summed E-state index contributed by atoms with van der Waals surface area (Å²) < 4.78 is 5.23. The smallest absolute Gasteiger partial charge is 0.255 e. The van der Waals surface area contributed by atoms with Crippen molar-refractivity contribution in [3.8, 4) is 5.75 Å². The van der Waals surface area contributed by atoms with Crippen LogP contribution in [0.1, 0.15) is 30.2 Å². The van der Waals surface area contributed by atoms with E-state index < -0.39 is 0 Å². The van der Waals surface area contributed by atoms with Gasteiger partial charge in [-0.1, -0.05) is 37.2 Å². The number of rotatable bonds is 6. The number of H-pyrrole nitrogens is 1. The second kappa shape index (κ2) is 7.31. The molecule has 0 fully saturated rings. The summed E-state index contributed by atoms with van der Waals surface area (Å²) in [5.41, 5.74) is 2.66. The van der Waals surface area contributed by atoms with Crippen molar-refractivity contribution < 1.29 is 4.74 Å². The van der Waals surface area contributed by atoms with Crippen molar-refractivity contribution in [3.05, 3.63) is 51.4 Å². The monoisotopic (exact) mass is 304 g/mol. The topological polar surface area (TPSA) is 55.0 Å². The number of aromatic nitrogens is 2. The number of benzene rings is 1. The van der Waals surface area contributed by atoms with Crippen molar-refractivity contribution in [3.63, 3.8) is 0 Å². The van der Waals surface area contributed by atoms with Gasteiger partial charge in [-0.25, -0.2) is 4.98 Å². The molecule has 2 aromatic rings. The highest BCUT2D eigenvalue weighted by Gasteiger charge is 2.12. The summed E-state index contributed by atoms with van der Waals surface area (Å²) in [7, 11) is 1.64. The maximum Gasteiger partial charge on any atom is 0.255 e. The summed E-state index contributed by atoms with van der Waals surface area (Å²) in [6.07, 6.45) is 4.27. The first-order valence-electron chi connectivity index (χ1n) is 6.97. The molecule has 0 saturated carbocycles. The first kappa shape index (κ1) is 15.6. The maximum atomic E-state index is 12.3. The van der Waals surface area contributed by atoms with E-state index in [1.807, 2.05) is 30.5 Å². The predicted octanol–water partition coefficient (Wildman–Crippen LogP) is 3.04. The second-order valence-electron chi connectivity index (χ2n) is 4.78. The van der Waals surface area contributed by atoms with E-state index >= 15 is 0 Å². The summed E-state index contributed by atoms with van der Waals surface area (Å²) in [6, 6.07) is 7.79. The zero-order valence-electron chi connectivity index (χ0n) is 12.6. The largest absolute Gasteiger partial charge is 0.497 e. The molecule has 0 saturated heterocycles. The Kier molecular flexibility index (Phi) is 5.44. The fourth-order valence-corrected chi connectivity index (χ4v) is 2.63. The van der Waals surface area contributed by atoms with E-state index in [-0.39, 0.29) is 5.56 Å². The molecule has 2 rings (SSSR count). The molecule has 1 N–H and O–H groups in total. The number of aryl methyl sites for hydroxylation is 1. The van der Waals surface area contributed by atoms with Crippen LogP contribution in [0.25, 0.3) is 0 Å². The zero-order chi connectivity index (χ0) is 15.2. The molecule has 0 aliphatic carbocycles. The molecule has 0 amide bonds. The Morgan fingerprint density at radius 3 is 2.86 bits per heavy atom. The number of aromatic amines is 1. The average molecular weight is 304 g/mol. The van der Waals surface area contributed by atoms with Crippen LogP contribution < -0.4 is 10.3 Å². The maximum absolute atomic E-state index is 12.3. The Bertz CT molecular complexity index is 668. The summed E-state index contributed by atoms with van der Waals surface area (Å²) in [4.78, 5) is 19.7. The van der Waals surface area contributed by atoms with Gasteiger partial charge in [0.2, 0.25) is 0 Å². The molecule has 112 valence electrons. The van der Waals surface area contributed by atoms with E-state index in [2.05, 4.69) is 16.9 Å². The lowest BCUT2D eigenvalue weighted by Crippen LogP contribution is -2.19. The summed E-state index contributed by atoms with van der Waals surface area (Å²) in [5, 5.41) is 0.679. The van der Waals surface area contributed by atoms with Gasteiger partial charge in [0.1, 0.15) is 5.75 Å². The summed E-state index contributed by atoms with van der Waals surface area (Å²) in [5.74, 6) is 0.801. The molecule has 0 aliphatic heterocycles. The Morgan fingerprint density at radius 2 is 2.19 bits per heavy atom. The van der Waals surface area contributed by atoms with Gasteiger partial charge in [0.15, 0.2) is 5.16 Å². The van der Waals surface area contributed by atoms with Crippen molar-refractivity contribution in [1.82, 2.24) is 9.97 Å². The van der Waals surface area contributed by atoms with Crippen molar-refractivity contribution in [1.29, 1.82) is 0 Å². The third-order valence-corrected chi connectivity index (χ3v) is 3.85. The van der Waals surface area contributed by atoms with Gasteiger partial charge in [0.05, 0.1) is 12.8 Å². The minimum Gasteiger partial charge on any atom is -0.497 e. The van der Waals surface area contributed by atoms with Crippen molar-refractivity contribution in [2.24, 2.45) is 0 Å². The van der Waals surface area contributed by atoms with Crippen LogP contribution >= 0.6 is 11.8 Å². The highest BCUT2D eigenvalue weighted by atomic mass is 32.2. The van der Waals surface area contributed by atoms with Crippen LogP contribution in [-0.4, -0.2) is 23.3 Å². The number of hydrogen-bond acceptors (Lipinski definition) is 4. The van der Waals surface area contributed by atoms with Gasteiger partial charge >= 0.3 is 0 Å². The molecule has 0 unspecified atom stereocenters. The number of nitrogens with one attached hydrogen (secondary N) is 1. The molecule has 0 aliphatic rings. The number of hydrogen-bond donors (Lipinski definition) is 1. The van der Waals surface area contributed by atoms with Gasteiger partial charge in [-0.2, -0.15) is 0 Å². The Morgan fingerprint density at radius 1 is 1.38 bits per heavy atom. The Balaban J connectivity index is 2.40. The van der Waals surface area contributed by atoms with Gasteiger partial charge in [0, 0.05) is 12.0 Å². The van der Waals surface area contributed by atoms with Crippen LogP contribution in [0.5, 0.6) is 5.75 Å². The molecule has 1 aromatic carbocycles. The first-order valence-corrected chi connectivity index (χ1v) is 8.19. The van der Waals surface area contributed by atoms with E-state index in [4.69, 9.17) is 4.74 Å². The van der Waals surface area contributed by atoms with Gasteiger partial charge in [-0.05, 0) is 30.4 Å². The average Bonchev–Trinajstić information content (AvgIpc) is 2.50. The molecule has 5 heteroatoms. The SMILES string of the molecule is CCCc1nc(SC)[nH]c(=O)c1Cc1cccc(OC)c1. The zero-order valence-corrected chi connectivity index (χ0v) is 13.4. The summed E-state index contributed by atoms with van der Waals surface area (Å²) >= 11 is 1.46. The van der Waals surface area contributed by atoms with E-state index in [1.165, 1.54) is 11.8 Å². The highest BCUT2D eigenvalue weighted by Crippen LogP contribution is 2.18. The van der Waals surface area contributed by atoms with Crippen LogP contribution in [0.4, 0.5) is 0 Å². The van der Waals surface area contributed by atoms with Crippen LogP contribution in [0.2, 0.25) is 0 Å². The van der Waals surface area contributed by atoms with Gasteiger partial charge in [-0.15, -0.1) is 0 Å². The molecule has 1 heterocycles. The van der Waals surface area contributed by atoms with Crippen molar-refractivity contribution in [2.75, 3.05) is 13.4 Å². The van der Waals surface area contributed by atoms with Gasteiger partial charge in [-0.3, -0.25) is 4.79 Å². The lowest BCUT2D eigenvalue weighted by Gasteiger charge is -2.09. The normalized spacial score (nSPS) is 10.6. The van der Waals surface area contributed by atoms with E-state index in [9.17, 15) is 4.79 Å². The number of methoxy groups -OCH3 is 1. The van der Waals surface area contributed by atoms with Crippen LogP contribution in [-0.2, 0) is 12.8 Å². The van der Waals surface area contributed by atoms with Crippen LogP contribution in [0.15, 0.2) is 34.2 Å². The predicted molar refractivity (Wildman–Crippen MR) is 86.4 cm³/mol. The summed E-state index contributed by atoms with van der Waals surface area (Å²) in [6.45, 7) is 2.09. The molecule has 0 bridgehead atoms. The minimum atomic E-state index is -0.0411. The molecule has 21 heavy (non-hydrogen) atoms. The minimum absolute atomic E-state index is 0.0411. The van der Waals surface area contributed by atoms with Gasteiger partial charge in [0.25, 0.3) is 5.56 Å². The lowest BCUT2D eigenvalue weighted by molar-refractivity contribution is 0.414. The van der Waals surface area contributed by atoms with Gasteiger partial charge < -0.3 is 9.72 Å². The van der Waals surface area contributed by atoms with Crippen molar-refractivity contribution >= 4 is 11.8 Å². The van der Waals surface area contributed by atoms with Crippen LogP contribution in [0, 0.1) is 0 Å². The lowest BCUT2D eigenvalue weighted by atomic mass is 10.0. The standard InChI is InChI=1S/C16H20N2O2S/c1-4-6-14-13(15(19)18-16(17-14)21-3)10-11-7-5-8-12(9-11)20-2/h5,7-9H,4,6,10H2,1-3H3,(H,17,18,19). The fourth-order valence-electron chi connectivity index (χ4n) is 2.23. The highest BCUT2D eigenvalue weighted by molar-refractivity contribution is 7.98. The molecular formula is C16H20N2O2S. The Labute approximate surface area is 129 Å². The number of nitrogens with zero attached hydrogens (tertiary/aromatic N) is 1. The fraction of sp³-hybridized carbons (Fsp3) is 0.375. The Hall–Kier alpha value is -1.75. The third-order valence-electron chi connectivity index (χ3n) is 3.27. The number of ether oxygens (including phenoxy) is 1. The second-order valence-corrected chi connectivity index (χ2v) is 5.57. The molecular weight excluding hydrogens is 284 g/mol. The number of thioether (sulfide) groups is 1. The molecule has 4 nitrogen and oxygen atoms in total. The molecule has 0 atom stereocenters. The van der Waals surface area contributed by atoms with E-state index in [0.717, 1.165) is 35.4 Å². The van der Waals surface area contributed by atoms with Crippen LogP contribution in [0.3, 0.4) is 0 Å². The molecule has 0 spiro atoms. The molecule has 0 radical (unpaired) electrons. The van der Waals surface area contributed by atoms with E-state index in [1.54, 1.807) is 7.11 Å².